The number of aryl methyl sites for hydroxylation is 1. The maximum atomic E-state index is 12.5. The Bertz CT molecular complexity index is 877. The Labute approximate surface area is 159 Å². The van der Waals surface area contributed by atoms with Gasteiger partial charge in [-0.1, -0.05) is 30.0 Å². The van der Waals surface area contributed by atoms with E-state index in [0.717, 1.165) is 16.3 Å². The molecular weight excluding hydrogens is 372 g/mol. The van der Waals surface area contributed by atoms with Crippen LogP contribution < -0.4 is 10.1 Å². The molecule has 136 valence electrons. The summed E-state index contributed by atoms with van der Waals surface area (Å²) in [6.45, 7) is 1.95. The number of thioether (sulfide) groups is 1. The van der Waals surface area contributed by atoms with Crippen LogP contribution in [0.5, 0.6) is 5.75 Å². The van der Waals surface area contributed by atoms with Crippen LogP contribution in [-0.2, 0) is 11.8 Å². The van der Waals surface area contributed by atoms with E-state index in [1.807, 2.05) is 38.2 Å². The van der Waals surface area contributed by atoms with Crippen LogP contribution in [0.2, 0.25) is 0 Å². The van der Waals surface area contributed by atoms with Crippen molar-refractivity contribution < 1.29 is 9.53 Å². The summed E-state index contributed by atoms with van der Waals surface area (Å²) in [5, 5.41) is 20.5. The number of nitrogens with one attached hydrogen (secondary N) is 1. The lowest BCUT2D eigenvalue weighted by Gasteiger charge is -2.12. The van der Waals surface area contributed by atoms with E-state index in [1.165, 1.54) is 23.1 Å². The number of hydrogen-bond acceptors (Lipinski definition) is 8. The van der Waals surface area contributed by atoms with Crippen molar-refractivity contribution >= 4 is 34.1 Å². The lowest BCUT2D eigenvalue weighted by atomic mass is 10.2. The third kappa shape index (κ3) is 4.20. The molecule has 0 aliphatic heterocycles. The highest BCUT2D eigenvalue weighted by Gasteiger charge is 2.21. The Morgan fingerprint density at radius 1 is 1.31 bits per heavy atom. The Morgan fingerprint density at radius 3 is 2.69 bits per heavy atom. The standard InChI is InChI=1S/C16H18N6O2S2/c1-4-12(25-16-21-17-9-22(16)2)13(23)18-15-20-19-14(26-15)10-5-7-11(24-3)8-6-10/h5-9,12H,4H2,1-3H3,(H,18,20,23)/t12-/m0/s1. The van der Waals surface area contributed by atoms with Crippen LogP contribution in [0.4, 0.5) is 5.13 Å². The molecule has 0 saturated carbocycles. The van der Waals surface area contributed by atoms with Gasteiger partial charge in [-0.3, -0.25) is 10.1 Å². The quantitative estimate of drug-likeness (QED) is 0.620. The van der Waals surface area contributed by atoms with Gasteiger partial charge in [0.1, 0.15) is 17.1 Å². The molecule has 10 heteroatoms. The number of aromatic nitrogens is 5. The van der Waals surface area contributed by atoms with Crippen LogP contribution in [0.15, 0.2) is 35.7 Å². The molecule has 0 unspecified atom stereocenters. The first-order valence-corrected chi connectivity index (χ1v) is 9.59. The van der Waals surface area contributed by atoms with Crippen LogP contribution in [0.1, 0.15) is 13.3 Å². The zero-order chi connectivity index (χ0) is 18.5. The molecule has 3 rings (SSSR count). The molecule has 1 atom stereocenters. The van der Waals surface area contributed by atoms with Crippen molar-refractivity contribution in [3.63, 3.8) is 0 Å². The summed E-state index contributed by atoms with van der Waals surface area (Å²) < 4.78 is 6.93. The number of hydrogen-bond donors (Lipinski definition) is 1. The Hall–Kier alpha value is -2.46. The topological polar surface area (TPSA) is 94.8 Å². The number of nitrogens with zero attached hydrogens (tertiary/aromatic N) is 5. The number of benzene rings is 1. The second-order valence-corrected chi connectivity index (χ2v) is 7.52. The van der Waals surface area contributed by atoms with Crippen molar-refractivity contribution in [2.45, 2.75) is 23.8 Å². The Balaban J connectivity index is 1.67. The average molecular weight is 390 g/mol. The van der Waals surface area contributed by atoms with Gasteiger partial charge < -0.3 is 9.30 Å². The molecule has 2 heterocycles. The maximum Gasteiger partial charge on any atom is 0.239 e. The van der Waals surface area contributed by atoms with E-state index in [-0.39, 0.29) is 11.2 Å². The Morgan fingerprint density at radius 2 is 2.08 bits per heavy atom. The molecule has 0 aliphatic rings. The number of amides is 1. The molecule has 0 spiro atoms. The third-order valence-corrected chi connectivity index (χ3v) is 5.87. The van der Waals surface area contributed by atoms with Crippen molar-refractivity contribution in [1.82, 2.24) is 25.0 Å². The summed E-state index contributed by atoms with van der Waals surface area (Å²) in [6.07, 6.45) is 2.27. The minimum atomic E-state index is -0.286. The zero-order valence-corrected chi connectivity index (χ0v) is 16.2. The molecule has 1 aromatic carbocycles. The van der Waals surface area contributed by atoms with E-state index in [1.54, 1.807) is 18.0 Å². The van der Waals surface area contributed by atoms with Crippen molar-refractivity contribution in [3.05, 3.63) is 30.6 Å². The second kappa shape index (κ2) is 8.28. The van der Waals surface area contributed by atoms with Gasteiger partial charge in [0.05, 0.1) is 12.4 Å². The molecular formula is C16H18N6O2S2. The smallest absolute Gasteiger partial charge is 0.239 e. The highest BCUT2D eigenvalue weighted by molar-refractivity contribution is 8.00. The normalized spacial score (nSPS) is 12.0. The van der Waals surface area contributed by atoms with E-state index in [2.05, 4.69) is 25.7 Å². The third-order valence-electron chi connectivity index (χ3n) is 3.57. The minimum Gasteiger partial charge on any atom is -0.497 e. The van der Waals surface area contributed by atoms with Gasteiger partial charge in [-0.05, 0) is 30.7 Å². The number of anilines is 1. The fraction of sp³-hybridized carbons (Fsp3) is 0.312. The van der Waals surface area contributed by atoms with Crippen LogP contribution in [0.3, 0.4) is 0 Å². The molecule has 26 heavy (non-hydrogen) atoms. The van der Waals surface area contributed by atoms with Gasteiger partial charge in [0.25, 0.3) is 0 Å². The number of ether oxygens (including phenoxy) is 1. The first kappa shape index (κ1) is 18.3. The molecule has 1 N–H and O–H groups in total. The van der Waals surface area contributed by atoms with E-state index >= 15 is 0 Å². The molecule has 3 aromatic rings. The fourth-order valence-electron chi connectivity index (χ4n) is 2.14. The van der Waals surface area contributed by atoms with E-state index in [4.69, 9.17) is 4.74 Å². The van der Waals surface area contributed by atoms with Crippen molar-refractivity contribution in [2.24, 2.45) is 7.05 Å². The van der Waals surface area contributed by atoms with Crippen LogP contribution in [-0.4, -0.2) is 43.2 Å². The SMILES string of the molecule is CC[C@H](Sc1nncn1C)C(=O)Nc1nnc(-c2ccc(OC)cc2)s1. The summed E-state index contributed by atoms with van der Waals surface area (Å²) in [5.74, 6) is 0.649. The van der Waals surface area contributed by atoms with Gasteiger partial charge >= 0.3 is 0 Å². The molecule has 1 amide bonds. The minimum absolute atomic E-state index is 0.127. The molecule has 0 fully saturated rings. The van der Waals surface area contributed by atoms with Crippen molar-refractivity contribution in [2.75, 3.05) is 12.4 Å². The summed E-state index contributed by atoms with van der Waals surface area (Å²) >= 11 is 2.71. The summed E-state index contributed by atoms with van der Waals surface area (Å²) in [7, 11) is 3.47. The number of carbonyl (C=O) groups is 1. The van der Waals surface area contributed by atoms with Crippen LogP contribution in [0.25, 0.3) is 10.6 Å². The Kier molecular flexibility index (Phi) is 5.84. The second-order valence-electron chi connectivity index (χ2n) is 5.37. The molecule has 0 radical (unpaired) electrons. The van der Waals surface area contributed by atoms with Gasteiger partial charge in [0.15, 0.2) is 5.16 Å². The first-order chi connectivity index (χ1) is 12.6. The largest absolute Gasteiger partial charge is 0.497 e. The lowest BCUT2D eigenvalue weighted by Crippen LogP contribution is -2.24. The molecule has 0 saturated heterocycles. The molecule has 0 aliphatic carbocycles. The molecule has 0 bridgehead atoms. The monoisotopic (exact) mass is 390 g/mol. The predicted molar refractivity (Wildman–Crippen MR) is 101 cm³/mol. The average Bonchev–Trinajstić information content (AvgIpc) is 3.28. The van der Waals surface area contributed by atoms with Gasteiger partial charge in [-0.15, -0.1) is 20.4 Å². The highest BCUT2D eigenvalue weighted by atomic mass is 32.2. The fourth-order valence-corrected chi connectivity index (χ4v) is 3.79. The van der Waals surface area contributed by atoms with E-state index in [0.29, 0.717) is 16.7 Å². The maximum absolute atomic E-state index is 12.5. The number of methoxy groups -OCH3 is 1. The number of rotatable bonds is 7. The number of carbonyl (C=O) groups excluding carboxylic acids is 1. The summed E-state index contributed by atoms with van der Waals surface area (Å²) in [6, 6.07) is 7.53. The highest BCUT2D eigenvalue weighted by Crippen LogP contribution is 2.29. The van der Waals surface area contributed by atoms with Crippen LogP contribution in [0, 0.1) is 0 Å². The van der Waals surface area contributed by atoms with Crippen LogP contribution >= 0.6 is 23.1 Å². The molecule has 2 aromatic heterocycles. The molecule has 8 nitrogen and oxygen atoms in total. The lowest BCUT2D eigenvalue weighted by molar-refractivity contribution is -0.115. The van der Waals surface area contributed by atoms with Crippen molar-refractivity contribution in [3.8, 4) is 16.3 Å². The van der Waals surface area contributed by atoms with Crippen molar-refractivity contribution in [1.29, 1.82) is 0 Å². The predicted octanol–water partition coefficient (Wildman–Crippen LogP) is 2.85. The zero-order valence-electron chi connectivity index (χ0n) is 14.5. The first-order valence-electron chi connectivity index (χ1n) is 7.90. The van der Waals surface area contributed by atoms with E-state index < -0.39 is 0 Å². The van der Waals surface area contributed by atoms with Gasteiger partial charge in [-0.2, -0.15) is 0 Å². The van der Waals surface area contributed by atoms with E-state index in [9.17, 15) is 4.79 Å². The summed E-state index contributed by atoms with van der Waals surface area (Å²) in [4.78, 5) is 12.5. The summed E-state index contributed by atoms with van der Waals surface area (Å²) in [5.41, 5.74) is 0.921. The van der Waals surface area contributed by atoms with Gasteiger partial charge in [0.2, 0.25) is 11.0 Å². The van der Waals surface area contributed by atoms with Gasteiger partial charge in [-0.25, -0.2) is 0 Å². The van der Waals surface area contributed by atoms with Gasteiger partial charge in [0, 0.05) is 12.6 Å².